The third-order valence-electron chi connectivity index (χ3n) is 4.14. The Morgan fingerprint density at radius 1 is 0.680 bits per heavy atom. The van der Waals surface area contributed by atoms with Gasteiger partial charge in [-0.25, -0.2) is 4.98 Å². The molecule has 4 aromatic rings. The van der Waals surface area contributed by atoms with Crippen molar-refractivity contribution in [1.29, 1.82) is 0 Å². The van der Waals surface area contributed by atoms with Gasteiger partial charge in [0.15, 0.2) is 5.16 Å². The molecule has 0 bridgehead atoms. The van der Waals surface area contributed by atoms with Gasteiger partial charge in [-0.15, -0.1) is 0 Å². The number of para-hydroxylation sites is 1. The maximum atomic E-state index is 4.98. The molecule has 0 amide bonds. The minimum Gasteiger partial charge on any atom is -0.287 e. The van der Waals surface area contributed by atoms with Crippen LogP contribution < -0.4 is 0 Å². The van der Waals surface area contributed by atoms with E-state index in [2.05, 4.69) is 83.6 Å². The largest absolute Gasteiger partial charge is 0.287 e. The van der Waals surface area contributed by atoms with Gasteiger partial charge < -0.3 is 0 Å². The van der Waals surface area contributed by atoms with Gasteiger partial charge in [-0.1, -0.05) is 90.6 Å². The first-order chi connectivity index (χ1) is 12.4. The van der Waals surface area contributed by atoms with Crippen molar-refractivity contribution in [2.45, 2.75) is 5.16 Å². The van der Waals surface area contributed by atoms with Gasteiger partial charge in [0.25, 0.3) is 0 Å². The summed E-state index contributed by atoms with van der Waals surface area (Å²) < 4.78 is 2.25. The zero-order valence-corrected chi connectivity index (χ0v) is 14.8. The smallest absolute Gasteiger partial charge is 0.173 e. The quantitative estimate of drug-likeness (QED) is 0.428. The molecule has 3 heteroatoms. The number of rotatable bonds is 4. The second-order valence-corrected chi connectivity index (χ2v) is 6.47. The van der Waals surface area contributed by atoms with Crippen molar-refractivity contribution in [1.82, 2.24) is 9.55 Å². The molecule has 0 aliphatic rings. The SMILES string of the molecule is CSc1nc(-c2ccccc2)c(-c2ccccc2)n1-c1ccccc1. The van der Waals surface area contributed by atoms with Gasteiger partial charge in [0, 0.05) is 16.8 Å². The van der Waals surface area contributed by atoms with E-state index in [0.717, 1.165) is 33.4 Å². The normalized spacial score (nSPS) is 10.8. The summed E-state index contributed by atoms with van der Waals surface area (Å²) >= 11 is 1.67. The number of nitrogens with zero attached hydrogens (tertiary/aromatic N) is 2. The lowest BCUT2D eigenvalue weighted by atomic mass is 10.0. The zero-order valence-electron chi connectivity index (χ0n) is 14.0. The highest BCUT2D eigenvalue weighted by Gasteiger charge is 2.20. The Bertz CT molecular complexity index is 961. The lowest BCUT2D eigenvalue weighted by Gasteiger charge is -2.12. The van der Waals surface area contributed by atoms with Gasteiger partial charge in [-0.3, -0.25) is 4.57 Å². The van der Waals surface area contributed by atoms with Crippen LogP contribution in [0.4, 0.5) is 0 Å². The molecule has 1 aromatic heterocycles. The van der Waals surface area contributed by atoms with E-state index in [9.17, 15) is 0 Å². The van der Waals surface area contributed by atoms with Crippen LogP contribution in [0.2, 0.25) is 0 Å². The molecule has 0 saturated carbocycles. The van der Waals surface area contributed by atoms with Crippen LogP contribution >= 0.6 is 11.8 Å². The molecule has 25 heavy (non-hydrogen) atoms. The van der Waals surface area contributed by atoms with E-state index in [4.69, 9.17) is 4.98 Å². The van der Waals surface area contributed by atoms with Crippen molar-refractivity contribution in [2.75, 3.05) is 6.26 Å². The van der Waals surface area contributed by atoms with E-state index in [1.807, 2.05) is 18.2 Å². The van der Waals surface area contributed by atoms with Crippen LogP contribution in [0.25, 0.3) is 28.2 Å². The van der Waals surface area contributed by atoms with Crippen LogP contribution in [0.15, 0.2) is 96.2 Å². The molecule has 122 valence electrons. The van der Waals surface area contributed by atoms with E-state index < -0.39 is 0 Å². The van der Waals surface area contributed by atoms with E-state index in [1.165, 1.54) is 0 Å². The molecule has 2 nitrogen and oxygen atoms in total. The summed E-state index contributed by atoms with van der Waals surface area (Å²) in [5, 5.41) is 0.990. The molecule has 0 N–H and O–H groups in total. The lowest BCUT2D eigenvalue weighted by molar-refractivity contribution is 0.903. The number of hydrogen-bond donors (Lipinski definition) is 0. The van der Waals surface area contributed by atoms with Crippen molar-refractivity contribution >= 4 is 11.8 Å². The fourth-order valence-corrected chi connectivity index (χ4v) is 3.57. The van der Waals surface area contributed by atoms with Crippen molar-refractivity contribution < 1.29 is 0 Å². The molecule has 0 radical (unpaired) electrons. The first kappa shape index (κ1) is 15.7. The maximum Gasteiger partial charge on any atom is 0.173 e. The van der Waals surface area contributed by atoms with Crippen LogP contribution in [0.1, 0.15) is 0 Å². The molecule has 0 fully saturated rings. The minimum absolute atomic E-state index is 0.990. The third kappa shape index (κ3) is 2.99. The molecule has 0 spiro atoms. The zero-order chi connectivity index (χ0) is 17.1. The molecule has 0 saturated heterocycles. The minimum atomic E-state index is 0.990. The van der Waals surface area contributed by atoms with Crippen molar-refractivity contribution in [3.8, 4) is 28.2 Å². The number of benzene rings is 3. The fourth-order valence-electron chi connectivity index (χ4n) is 3.01. The summed E-state index contributed by atoms with van der Waals surface area (Å²) in [6, 6.07) is 31.3. The summed E-state index contributed by atoms with van der Waals surface area (Å²) in [5.41, 5.74) is 5.56. The van der Waals surface area contributed by atoms with Gasteiger partial charge >= 0.3 is 0 Å². The Morgan fingerprint density at radius 3 is 1.76 bits per heavy atom. The molecule has 0 unspecified atom stereocenters. The fraction of sp³-hybridized carbons (Fsp3) is 0.0455. The molecular formula is C22H18N2S. The monoisotopic (exact) mass is 342 g/mol. The van der Waals surface area contributed by atoms with Crippen LogP contribution in [0.5, 0.6) is 0 Å². The molecule has 1 heterocycles. The Morgan fingerprint density at radius 2 is 1.20 bits per heavy atom. The van der Waals surface area contributed by atoms with E-state index in [1.54, 1.807) is 11.8 Å². The Labute approximate surface area is 152 Å². The number of hydrogen-bond acceptors (Lipinski definition) is 2. The molecular weight excluding hydrogens is 324 g/mol. The highest BCUT2D eigenvalue weighted by molar-refractivity contribution is 7.98. The summed E-state index contributed by atoms with van der Waals surface area (Å²) in [7, 11) is 0. The number of thioether (sulfide) groups is 1. The highest BCUT2D eigenvalue weighted by atomic mass is 32.2. The average Bonchev–Trinajstić information content (AvgIpc) is 3.10. The van der Waals surface area contributed by atoms with E-state index in [-0.39, 0.29) is 0 Å². The Kier molecular flexibility index (Phi) is 4.40. The topological polar surface area (TPSA) is 17.8 Å². The Hall–Kier alpha value is -2.78. The molecule has 0 aliphatic heterocycles. The predicted molar refractivity (Wildman–Crippen MR) is 106 cm³/mol. The molecule has 3 aromatic carbocycles. The van der Waals surface area contributed by atoms with Crippen molar-refractivity contribution in [2.24, 2.45) is 0 Å². The summed E-state index contributed by atoms with van der Waals surface area (Å²) in [6.07, 6.45) is 2.07. The number of aromatic nitrogens is 2. The molecule has 0 aliphatic carbocycles. The number of imidazole rings is 1. The van der Waals surface area contributed by atoms with Crippen molar-refractivity contribution in [3.63, 3.8) is 0 Å². The van der Waals surface area contributed by atoms with E-state index in [0.29, 0.717) is 0 Å². The average molecular weight is 342 g/mol. The standard InChI is InChI=1S/C22H18N2S/c1-25-22-23-20(17-11-5-2-6-12-17)21(18-13-7-3-8-14-18)24(22)19-15-9-4-10-16-19/h2-16H,1H3. The van der Waals surface area contributed by atoms with Crippen LogP contribution in [-0.2, 0) is 0 Å². The van der Waals surface area contributed by atoms with Crippen LogP contribution in [0, 0.1) is 0 Å². The van der Waals surface area contributed by atoms with Gasteiger partial charge in [0.05, 0.1) is 11.4 Å². The van der Waals surface area contributed by atoms with Crippen LogP contribution in [0.3, 0.4) is 0 Å². The first-order valence-electron chi connectivity index (χ1n) is 8.21. The summed E-state index contributed by atoms with van der Waals surface area (Å²) in [6.45, 7) is 0. The molecule has 0 atom stereocenters. The second kappa shape index (κ2) is 6.99. The van der Waals surface area contributed by atoms with Gasteiger partial charge in [-0.05, 0) is 18.4 Å². The predicted octanol–water partition coefficient (Wildman–Crippen LogP) is 5.93. The maximum absolute atomic E-state index is 4.98. The van der Waals surface area contributed by atoms with Crippen molar-refractivity contribution in [3.05, 3.63) is 91.0 Å². The first-order valence-corrected chi connectivity index (χ1v) is 9.44. The molecule has 4 rings (SSSR count). The third-order valence-corrected chi connectivity index (χ3v) is 4.78. The van der Waals surface area contributed by atoms with Crippen LogP contribution in [-0.4, -0.2) is 15.8 Å². The van der Waals surface area contributed by atoms with E-state index >= 15 is 0 Å². The van der Waals surface area contributed by atoms with Gasteiger partial charge in [0.2, 0.25) is 0 Å². The van der Waals surface area contributed by atoms with Gasteiger partial charge in [0.1, 0.15) is 0 Å². The second-order valence-electron chi connectivity index (χ2n) is 5.70. The summed E-state index contributed by atoms with van der Waals surface area (Å²) in [5.74, 6) is 0. The highest BCUT2D eigenvalue weighted by Crippen LogP contribution is 2.37. The Balaban J connectivity index is 2.05. The van der Waals surface area contributed by atoms with Gasteiger partial charge in [-0.2, -0.15) is 0 Å². The lowest BCUT2D eigenvalue weighted by Crippen LogP contribution is -1.98. The summed E-state index contributed by atoms with van der Waals surface area (Å²) in [4.78, 5) is 4.98.